The molecule has 1 heterocycles. The van der Waals surface area contributed by atoms with E-state index in [0.29, 0.717) is 6.04 Å². The summed E-state index contributed by atoms with van der Waals surface area (Å²) in [7, 11) is 0. The van der Waals surface area contributed by atoms with Gasteiger partial charge in [0.1, 0.15) is 0 Å². The molecule has 0 amide bonds. The van der Waals surface area contributed by atoms with Crippen LogP contribution < -0.4 is 5.32 Å². The molecule has 1 nitrogen and oxygen atoms in total. The van der Waals surface area contributed by atoms with Crippen molar-refractivity contribution in [1.82, 2.24) is 5.32 Å². The maximum absolute atomic E-state index is 5.97. The highest BCUT2D eigenvalue weighted by Gasteiger charge is 2.11. The lowest BCUT2D eigenvalue weighted by atomic mass is 10.0. The average molecular weight is 274 g/mol. The first-order valence-electron chi connectivity index (χ1n) is 6.59. The van der Waals surface area contributed by atoms with E-state index in [1.807, 2.05) is 6.07 Å². The van der Waals surface area contributed by atoms with E-state index in [0.717, 1.165) is 23.2 Å². The van der Waals surface area contributed by atoms with E-state index in [1.165, 1.54) is 24.1 Å². The molecule has 0 aliphatic carbocycles. The maximum atomic E-state index is 5.97. The van der Waals surface area contributed by atoms with E-state index in [4.69, 9.17) is 11.6 Å². The molecule has 0 fully saturated rings. The third-order valence-corrected chi connectivity index (χ3v) is 4.11. The molecule has 1 aromatic heterocycles. The monoisotopic (exact) mass is 273 g/mol. The number of nitrogens with one attached hydrogen (secondary N) is 1. The Morgan fingerprint density at radius 3 is 2.59 bits per heavy atom. The molecular formula is C14H24ClNS. The Labute approximate surface area is 115 Å². The van der Waals surface area contributed by atoms with Crippen LogP contribution in [0.15, 0.2) is 12.1 Å². The van der Waals surface area contributed by atoms with Crippen molar-refractivity contribution in [2.24, 2.45) is 5.92 Å². The Bertz CT molecular complexity index is 309. The highest BCUT2D eigenvalue weighted by atomic mass is 35.5. The molecule has 0 aliphatic heterocycles. The van der Waals surface area contributed by atoms with Gasteiger partial charge in [-0.1, -0.05) is 32.4 Å². The van der Waals surface area contributed by atoms with Crippen LogP contribution in [0.25, 0.3) is 0 Å². The number of thiophene rings is 1. The molecule has 1 atom stereocenters. The van der Waals surface area contributed by atoms with Crippen LogP contribution in [0.1, 0.15) is 44.9 Å². The van der Waals surface area contributed by atoms with Gasteiger partial charge in [0.15, 0.2) is 0 Å². The average Bonchev–Trinajstić information content (AvgIpc) is 2.68. The van der Waals surface area contributed by atoms with Crippen LogP contribution in [0.3, 0.4) is 0 Å². The van der Waals surface area contributed by atoms with Gasteiger partial charge in [-0.05, 0) is 50.3 Å². The first kappa shape index (κ1) is 15.0. The van der Waals surface area contributed by atoms with E-state index in [-0.39, 0.29) is 0 Å². The Morgan fingerprint density at radius 1 is 1.29 bits per heavy atom. The van der Waals surface area contributed by atoms with Gasteiger partial charge in [-0.25, -0.2) is 0 Å². The maximum Gasteiger partial charge on any atom is 0.0931 e. The largest absolute Gasteiger partial charge is 0.314 e. The Hall–Kier alpha value is -0.0500. The van der Waals surface area contributed by atoms with E-state index in [9.17, 15) is 0 Å². The molecular weight excluding hydrogens is 250 g/mol. The summed E-state index contributed by atoms with van der Waals surface area (Å²) in [5, 5.41) is 3.65. The summed E-state index contributed by atoms with van der Waals surface area (Å²) in [6.07, 6.45) is 4.86. The lowest BCUT2D eigenvalue weighted by Gasteiger charge is -2.18. The van der Waals surface area contributed by atoms with Crippen LogP contribution in [0.4, 0.5) is 0 Å². The number of rotatable bonds is 8. The van der Waals surface area contributed by atoms with Gasteiger partial charge in [0.2, 0.25) is 0 Å². The van der Waals surface area contributed by atoms with Gasteiger partial charge < -0.3 is 5.32 Å². The topological polar surface area (TPSA) is 12.0 Å². The number of halogens is 1. The second kappa shape index (κ2) is 8.12. The first-order chi connectivity index (χ1) is 8.11. The molecule has 1 N–H and O–H groups in total. The zero-order valence-electron chi connectivity index (χ0n) is 11.1. The van der Waals surface area contributed by atoms with Crippen LogP contribution in [-0.2, 0) is 6.42 Å². The molecule has 0 bridgehead atoms. The number of hydrogen-bond donors (Lipinski definition) is 1. The third kappa shape index (κ3) is 6.44. The minimum Gasteiger partial charge on any atom is -0.314 e. The highest BCUT2D eigenvalue weighted by molar-refractivity contribution is 7.16. The van der Waals surface area contributed by atoms with Crippen LogP contribution in [0, 0.1) is 5.92 Å². The molecule has 3 heteroatoms. The third-order valence-electron chi connectivity index (χ3n) is 2.85. The molecule has 0 radical (unpaired) electrons. The van der Waals surface area contributed by atoms with Crippen molar-refractivity contribution in [3.8, 4) is 0 Å². The highest BCUT2D eigenvalue weighted by Crippen LogP contribution is 2.23. The number of hydrogen-bond acceptors (Lipinski definition) is 2. The van der Waals surface area contributed by atoms with E-state index in [1.54, 1.807) is 11.3 Å². The van der Waals surface area contributed by atoms with E-state index < -0.39 is 0 Å². The van der Waals surface area contributed by atoms with Gasteiger partial charge >= 0.3 is 0 Å². The quantitative estimate of drug-likeness (QED) is 0.721. The van der Waals surface area contributed by atoms with Gasteiger partial charge in [0, 0.05) is 10.9 Å². The smallest absolute Gasteiger partial charge is 0.0931 e. The van der Waals surface area contributed by atoms with Gasteiger partial charge in [-0.3, -0.25) is 0 Å². The van der Waals surface area contributed by atoms with Crippen molar-refractivity contribution in [2.45, 2.75) is 52.5 Å². The molecule has 98 valence electrons. The standard InChI is InChI=1S/C14H24ClNS/c1-4-9-16-12(6-5-11(2)3)10-13-7-8-14(15)17-13/h7-8,11-12,16H,4-6,9-10H2,1-3H3. The molecule has 1 rings (SSSR count). The van der Waals surface area contributed by atoms with Gasteiger partial charge in [-0.2, -0.15) is 0 Å². The predicted molar refractivity (Wildman–Crippen MR) is 79.2 cm³/mol. The Kier molecular flexibility index (Phi) is 7.17. The van der Waals surface area contributed by atoms with Crippen molar-refractivity contribution in [2.75, 3.05) is 6.54 Å². The molecule has 1 unspecified atom stereocenters. The summed E-state index contributed by atoms with van der Waals surface area (Å²) in [5.74, 6) is 0.785. The second-order valence-corrected chi connectivity index (χ2v) is 6.83. The zero-order valence-corrected chi connectivity index (χ0v) is 12.7. The summed E-state index contributed by atoms with van der Waals surface area (Å²) < 4.78 is 0.901. The Morgan fingerprint density at radius 2 is 2.06 bits per heavy atom. The summed E-state index contributed by atoms with van der Waals surface area (Å²) >= 11 is 7.68. The summed E-state index contributed by atoms with van der Waals surface area (Å²) in [5.41, 5.74) is 0. The fourth-order valence-electron chi connectivity index (χ4n) is 1.86. The van der Waals surface area contributed by atoms with Crippen molar-refractivity contribution < 1.29 is 0 Å². The molecule has 0 aliphatic rings. The zero-order chi connectivity index (χ0) is 12.7. The van der Waals surface area contributed by atoms with Crippen LogP contribution in [0.5, 0.6) is 0 Å². The lowest BCUT2D eigenvalue weighted by Crippen LogP contribution is -2.31. The molecule has 1 aromatic rings. The predicted octanol–water partition coefficient (Wildman–Crippen LogP) is 4.75. The minimum atomic E-state index is 0.604. The van der Waals surface area contributed by atoms with Crippen molar-refractivity contribution in [3.63, 3.8) is 0 Å². The fraction of sp³-hybridized carbons (Fsp3) is 0.714. The molecule has 0 saturated carbocycles. The van der Waals surface area contributed by atoms with Gasteiger partial charge in [-0.15, -0.1) is 11.3 Å². The van der Waals surface area contributed by atoms with Crippen molar-refractivity contribution in [3.05, 3.63) is 21.3 Å². The summed E-state index contributed by atoms with van der Waals surface area (Å²) in [6.45, 7) is 7.91. The lowest BCUT2D eigenvalue weighted by molar-refractivity contribution is 0.429. The van der Waals surface area contributed by atoms with Crippen LogP contribution >= 0.6 is 22.9 Å². The molecule has 0 saturated heterocycles. The fourth-order valence-corrected chi connectivity index (χ4v) is 3.03. The minimum absolute atomic E-state index is 0.604. The van der Waals surface area contributed by atoms with Gasteiger partial charge in [0.25, 0.3) is 0 Å². The van der Waals surface area contributed by atoms with Gasteiger partial charge in [0.05, 0.1) is 4.34 Å². The normalized spacial score (nSPS) is 13.2. The van der Waals surface area contributed by atoms with Crippen molar-refractivity contribution in [1.29, 1.82) is 0 Å². The first-order valence-corrected chi connectivity index (χ1v) is 7.78. The molecule has 17 heavy (non-hydrogen) atoms. The van der Waals surface area contributed by atoms with Crippen LogP contribution in [0.2, 0.25) is 4.34 Å². The second-order valence-electron chi connectivity index (χ2n) is 5.03. The molecule has 0 aromatic carbocycles. The summed E-state index contributed by atoms with van der Waals surface area (Å²) in [6, 6.07) is 4.76. The SMILES string of the molecule is CCCNC(CCC(C)C)Cc1ccc(Cl)s1. The van der Waals surface area contributed by atoms with Crippen molar-refractivity contribution >= 4 is 22.9 Å². The van der Waals surface area contributed by atoms with E-state index in [2.05, 4.69) is 32.2 Å². The Balaban J connectivity index is 2.44. The summed E-state index contributed by atoms with van der Waals surface area (Å²) in [4.78, 5) is 1.40. The van der Waals surface area contributed by atoms with Crippen LogP contribution in [-0.4, -0.2) is 12.6 Å². The van der Waals surface area contributed by atoms with E-state index >= 15 is 0 Å². The molecule has 0 spiro atoms.